The largest absolute Gasteiger partial charge is 0.506 e. The molecule has 1 aromatic rings. The molecule has 15 heavy (non-hydrogen) atoms. The molecule has 0 saturated heterocycles. The van der Waals surface area contributed by atoms with Gasteiger partial charge in [-0.25, -0.2) is 0 Å². The first-order valence-electron chi connectivity index (χ1n) is 4.65. The Hall–Kier alpha value is -0.940. The van der Waals surface area contributed by atoms with Crippen LogP contribution in [-0.2, 0) is 6.42 Å². The maximum absolute atomic E-state index is 9.87. The fraction of sp³-hybridized carbons (Fsp3) is 0.400. The maximum Gasteiger partial charge on any atom is 0.231 e. The van der Waals surface area contributed by atoms with Crippen molar-refractivity contribution in [2.75, 3.05) is 6.79 Å². The highest BCUT2D eigenvalue weighted by Gasteiger charge is 2.22. The fourth-order valence-corrected chi connectivity index (χ4v) is 2.11. The smallest absolute Gasteiger partial charge is 0.231 e. The molecule has 1 unspecified atom stereocenters. The highest BCUT2D eigenvalue weighted by atomic mass is 79.9. The molecule has 0 bridgehead atoms. The maximum atomic E-state index is 9.87. The van der Waals surface area contributed by atoms with E-state index in [9.17, 15) is 5.11 Å². The molecule has 4 nitrogen and oxygen atoms in total. The molecule has 1 atom stereocenters. The van der Waals surface area contributed by atoms with Crippen molar-refractivity contribution in [3.8, 4) is 17.2 Å². The molecule has 0 radical (unpaired) electrons. The first kappa shape index (κ1) is 10.6. The zero-order chi connectivity index (χ0) is 11.0. The van der Waals surface area contributed by atoms with E-state index in [-0.39, 0.29) is 18.6 Å². The lowest BCUT2D eigenvalue weighted by atomic mass is 10.1. The molecule has 1 aliphatic heterocycles. The van der Waals surface area contributed by atoms with Crippen LogP contribution in [0.25, 0.3) is 0 Å². The number of nitrogens with two attached hydrogens (primary N) is 1. The fourth-order valence-electron chi connectivity index (χ4n) is 1.54. The van der Waals surface area contributed by atoms with E-state index < -0.39 is 0 Å². The zero-order valence-electron chi connectivity index (χ0n) is 8.29. The van der Waals surface area contributed by atoms with E-state index in [0.29, 0.717) is 22.4 Å². The van der Waals surface area contributed by atoms with E-state index in [0.717, 1.165) is 5.56 Å². The molecule has 0 fully saturated rings. The minimum absolute atomic E-state index is 0.0110. The van der Waals surface area contributed by atoms with Crippen molar-refractivity contribution in [1.82, 2.24) is 0 Å². The minimum Gasteiger partial charge on any atom is -0.506 e. The van der Waals surface area contributed by atoms with Gasteiger partial charge in [0.2, 0.25) is 6.79 Å². The van der Waals surface area contributed by atoms with Crippen LogP contribution in [0.2, 0.25) is 0 Å². The van der Waals surface area contributed by atoms with E-state index in [1.165, 1.54) is 0 Å². The Kier molecular flexibility index (Phi) is 2.75. The second-order valence-electron chi connectivity index (χ2n) is 3.61. The lowest BCUT2D eigenvalue weighted by Gasteiger charge is -2.10. The normalized spacial score (nSPS) is 15.4. The minimum atomic E-state index is -0.0110. The van der Waals surface area contributed by atoms with Crippen LogP contribution in [0.3, 0.4) is 0 Å². The molecule has 3 N–H and O–H groups in total. The highest BCUT2D eigenvalue weighted by Crippen LogP contribution is 2.46. The Balaban J connectivity index is 2.44. The molecular formula is C10H12BrNO3. The van der Waals surface area contributed by atoms with Gasteiger partial charge >= 0.3 is 0 Å². The van der Waals surface area contributed by atoms with Crippen LogP contribution in [0.4, 0.5) is 0 Å². The molecule has 0 saturated carbocycles. The van der Waals surface area contributed by atoms with E-state index in [1.807, 2.05) is 6.92 Å². The second kappa shape index (κ2) is 3.90. The van der Waals surface area contributed by atoms with Gasteiger partial charge < -0.3 is 20.3 Å². The zero-order valence-corrected chi connectivity index (χ0v) is 9.87. The van der Waals surface area contributed by atoms with E-state index in [1.54, 1.807) is 6.07 Å². The first-order chi connectivity index (χ1) is 7.09. The third-order valence-electron chi connectivity index (χ3n) is 2.20. The van der Waals surface area contributed by atoms with E-state index in [4.69, 9.17) is 15.2 Å². The van der Waals surface area contributed by atoms with E-state index in [2.05, 4.69) is 15.9 Å². The van der Waals surface area contributed by atoms with Gasteiger partial charge in [-0.15, -0.1) is 0 Å². The molecular weight excluding hydrogens is 262 g/mol. The summed E-state index contributed by atoms with van der Waals surface area (Å²) in [6, 6.07) is 1.76. The number of phenolic OH excluding ortho intramolecular Hbond substituents is 1. The Morgan fingerprint density at radius 1 is 1.60 bits per heavy atom. The second-order valence-corrected chi connectivity index (χ2v) is 4.41. The summed E-state index contributed by atoms with van der Waals surface area (Å²) in [7, 11) is 0. The van der Waals surface area contributed by atoms with Gasteiger partial charge in [-0.3, -0.25) is 0 Å². The number of hydrogen-bond acceptors (Lipinski definition) is 4. The summed E-state index contributed by atoms with van der Waals surface area (Å²) in [6.45, 7) is 2.08. The van der Waals surface area contributed by atoms with Gasteiger partial charge in [-0.1, -0.05) is 0 Å². The van der Waals surface area contributed by atoms with Crippen molar-refractivity contribution in [2.45, 2.75) is 19.4 Å². The van der Waals surface area contributed by atoms with Crippen molar-refractivity contribution in [3.63, 3.8) is 0 Å². The summed E-state index contributed by atoms with van der Waals surface area (Å²) in [5.74, 6) is 1.38. The quantitative estimate of drug-likeness (QED) is 0.862. The first-order valence-corrected chi connectivity index (χ1v) is 5.44. The van der Waals surface area contributed by atoms with Crippen LogP contribution in [0.15, 0.2) is 10.5 Å². The molecule has 2 rings (SSSR count). The van der Waals surface area contributed by atoms with E-state index >= 15 is 0 Å². The van der Waals surface area contributed by atoms with Crippen LogP contribution in [0.1, 0.15) is 12.5 Å². The molecule has 0 aliphatic carbocycles. The third kappa shape index (κ3) is 1.89. The van der Waals surface area contributed by atoms with Gasteiger partial charge in [0.25, 0.3) is 0 Å². The van der Waals surface area contributed by atoms with Crippen LogP contribution in [0.5, 0.6) is 17.2 Å². The monoisotopic (exact) mass is 273 g/mol. The Labute approximate surface area is 96.1 Å². The van der Waals surface area contributed by atoms with Crippen LogP contribution >= 0.6 is 15.9 Å². The predicted molar refractivity (Wildman–Crippen MR) is 59.3 cm³/mol. The SMILES string of the molecule is CC(N)Cc1cc2c(c(Br)c1O)OCO2. The van der Waals surface area contributed by atoms with Gasteiger partial charge in [-0.05, 0) is 35.3 Å². The summed E-state index contributed by atoms with van der Waals surface area (Å²) in [6.07, 6.45) is 0.598. The molecule has 0 amide bonds. The number of hydrogen-bond donors (Lipinski definition) is 2. The number of aromatic hydroxyl groups is 1. The van der Waals surface area contributed by atoms with Gasteiger partial charge in [0.15, 0.2) is 11.5 Å². The molecule has 1 aliphatic rings. The number of halogens is 1. The number of rotatable bonds is 2. The van der Waals surface area contributed by atoms with Crippen LogP contribution in [0, 0.1) is 0 Å². The number of phenols is 1. The van der Waals surface area contributed by atoms with Crippen molar-refractivity contribution in [3.05, 3.63) is 16.1 Å². The molecule has 0 aromatic heterocycles. The van der Waals surface area contributed by atoms with Crippen LogP contribution in [-0.4, -0.2) is 17.9 Å². The number of benzene rings is 1. The summed E-state index contributed by atoms with van der Waals surface area (Å²) in [5.41, 5.74) is 6.46. The standard InChI is InChI=1S/C10H12BrNO3/c1-5(12)2-6-3-7-10(15-4-14-7)8(11)9(6)13/h3,5,13H,2,4,12H2,1H3. The van der Waals surface area contributed by atoms with Crippen molar-refractivity contribution in [1.29, 1.82) is 0 Å². The molecule has 5 heteroatoms. The van der Waals surface area contributed by atoms with Crippen LogP contribution < -0.4 is 15.2 Å². The molecule has 0 spiro atoms. The molecule has 1 heterocycles. The topological polar surface area (TPSA) is 64.7 Å². The Morgan fingerprint density at radius 2 is 2.33 bits per heavy atom. The Morgan fingerprint density at radius 3 is 3.00 bits per heavy atom. The predicted octanol–water partition coefficient (Wildman–Crippen LogP) is 1.77. The highest BCUT2D eigenvalue weighted by molar-refractivity contribution is 9.10. The number of ether oxygens (including phenoxy) is 2. The van der Waals surface area contributed by atoms with Gasteiger partial charge in [-0.2, -0.15) is 0 Å². The molecule has 1 aromatic carbocycles. The summed E-state index contributed by atoms with van der Waals surface area (Å²) >= 11 is 3.28. The lowest BCUT2D eigenvalue weighted by Crippen LogP contribution is -2.17. The summed E-state index contributed by atoms with van der Waals surface area (Å²) in [5, 5.41) is 9.87. The third-order valence-corrected chi connectivity index (χ3v) is 2.94. The lowest BCUT2D eigenvalue weighted by molar-refractivity contribution is 0.173. The molecule has 82 valence electrons. The van der Waals surface area contributed by atoms with Crippen molar-refractivity contribution in [2.24, 2.45) is 5.73 Å². The summed E-state index contributed by atoms with van der Waals surface area (Å²) < 4.78 is 11.0. The average Bonchev–Trinajstić information content (AvgIpc) is 2.61. The summed E-state index contributed by atoms with van der Waals surface area (Å²) in [4.78, 5) is 0. The van der Waals surface area contributed by atoms with Gasteiger partial charge in [0.05, 0.1) is 0 Å². The van der Waals surface area contributed by atoms with Gasteiger partial charge in [0, 0.05) is 11.6 Å². The van der Waals surface area contributed by atoms with Gasteiger partial charge in [0.1, 0.15) is 10.2 Å². The Bertz CT molecular complexity index is 393. The average molecular weight is 274 g/mol. The van der Waals surface area contributed by atoms with Crippen molar-refractivity contribution < 1.29 is 14.6 Å². The number of fused-ring (bicyclic) bond motifs is 1. The van der Waals surface area contributed by atoms with Crippen molar-refractivity contribution >= 4 is 15.9 Å².